The number of rotatable bonds is 5. The summed E-state index contributed by atoms with van der Waals surface area (Å²) in [5, 5.41) is 35.0. The van der Waals surface area contributed by atoms with Gasteiger partial charge in [0.15, 0.2) is 11.5 Å². The minimum absolute atomic E-state index is 0.0106. The number of phenolic OH excluding ortho intramolecular Hbond substituents is 1. The van der Waals surface area contributed by atoms with Crippen LogP contribution < -0.4 is 11.1 Å². The first-order valence-corrected chi connectivity index (χ1v) is 14.4. The molecule has 1 saturated heterocycles. The maximum absolute atomic E-state index is 15.5. The second kappa shape index (κ2) is 10.6. The van der Waals surface area contributed by atoms with Crippen LogP contribution in [0.3, 0.4) is 0 Å². The number of nitrogens with two attached hydrogens (primary N) is 1. The largest absolute Gasteiger partial charge is 0.511 e. The van der Waals surface area contributed by atoms with Gasteiger partial charge < -0.3 is 26.4 Å². The van der Waals surface area contributed by atoms with E-state index in [0.29, 0.717) is 0 Å². The number of alkyl halides is 2. The van der Waals surface area contributed by atoms with Gasteiger partial charge in [-0.25, -0.2) is 13.2 Å². The first kappa shape index (κ1) is 31.0. The molecule has 0 aromatic heterocycles. The number of halogens is 3. The van der Waals surface area contributed by atoms with Crippen LogP contribution in [-0.2, 0) is 16.0 Å². The van der Waals surface area contributed by atoms with Gasteiger partial charge in [-0.3, -0.25) is 24.2 Å². The third kappa shape index (κ3) is 4.81. The Hall–Kier alpha value is -3.41. The summed E-state index contributed by atoms with van der Waals surface area (Å²) in [5.74, 6) is -9.02. The first-order chi connectivity index (χ1) is 20.0. The van der Waals surface area contributed by atoms with Crippen molar-refractivity contribution < 1.29 is 42.9 Å². The molecule has 14 heteroatoms. The van der Waals surface area contributed by atoms with Crippen LogP contribution in [0.15, 0.2) is 40.4 Å². The number of likely N-dealkylation sites (tertiary alicyclic amines) is 1. The highest BCUT2D eigenvalue weighted by atomic mass is 31.0. The number of anilines is 1. The van der Waals surface area contributed by atoms with Crippen LogP contribution in [0.2, 0.25) is 0 Å². The van der Waals surface area contributed by atoms with Crippen LogP contribution in [-0.4, -0.2) is 93.6 Å². The number of primary amides is 1. The lowest BCUT2D eigenvalue weighted by atomic mass is 9.59. The number of Topliss-reactive ketones (excluding diaryl/α,β-unsaturated/α-hetero) is 1. The second-order valence-electron chi connectivity index (χ2n) is 11.9. The molecule has 1 fully saturated rings. The molecular weight excluding hydrogens is 588 g/mol. The molecule has 6 N–H and O–H groups in total. The third-order valence-electron chi connectivity index (χ3n) is 9.07. The maximum atomic E-state index is 15.5. The van der Waals surface area contributed by atoms with Gasteiger partial charge in [0.05, 0.1) is 41.1 Å². The number of aliphatic hydroxyl groups excluding tert-OH is 2. The Morgan fingerprint density at radius 3 is 2.51 bits per heavy atom. The number of hydrogen-bond acceptors (Lipinski definition) is 8. The molecule has 232 valence electrons. The summed E-state index contributed by atoms with van der Waals surface area (Å²) in [6, 6.07) is 0.0970. The molecule has 43 heavy (non-hydrogen) atoms. The number of aromatic hydroxyl groups is 1. The fourth-order valence-corrected chi connectivity index (χ4v) is 8.03. The number of ketones is 1. The van der Waals surface area contributed by atoms with E-state index < -0.39 is 94.6 Å². The van der Waals surface area contributed by atoms with Crippen LogP contribution in [0.25, 0.3) is 0 Å². The fraction of sp³-hybridized carbons (Fsp3) is 0.483. The van der Waals surface area contributed by atoms with Gasteiger partial charge in [0.25, 0.3) is 11.8 Å². The third-order valence-corrected chi connectivity index (χ3v) is 10.1. The molecule has 0 radical (unpaired) electrons. The van der Waals surface area contributed by atoms with Crippen LogP contribution in [0, 0.1) is 17.7 Å². The number of carbonyl (C=O) groups is 3. The van der Waals surface area contributed by atoms with E-state index in [1.807, 2.05) is 0 Å². The molecule has 1 aliphatic heterocycles. The Kier molecular flexibility index (Phi) is 7.68. The van der Waals surface area contributed by atoms with Crippen molar-refractivity contribution in [3.05, 3.63) is 57.3 Å². The first-order valence-electron chi connectivity index (χ1n) is 13.8. The minimum Gasteiger partial charge on any atom is -0.511 e. The van der Waals surface area contributed by atoms with E-state index >= 15 is 4.39 Å². The lowest BCUT2D eigenvalue weighted by molar-refractivity contribution is -0.117. The number of amides is 2. The van der Waals surface area contributed by atoms with Crippen molar-refractivity contribution in [1.29, 1.82) is 0 Å². The van der Waals surface area contributed by atoms with E-state index in [1.165, 1.54) is 11.0 Å². The molecule has 10 nitrogen and oxygen atoms in total. The predicted octanol–water partition coefficient (Wildman–Crippen LogP) is 2.80. The van der Waals surface area contributed by atoms with Crippen molar-refractivity contribution >= 4 is 32.5 Å². The average Bonchev–Trinajstić information content (AvgIpc) is 3.24. The Labute approximate surface area is 248 Å². The number of carbonyl (C=O) groups excluding carboxylic acids is 3. The summed E-state index contributed by atoms with van der Waals surface area (Å²) in [6.45, 7) is 0.562. The molecule has 1 unspecified atom stereocenters. The summed E-state index contributed by atoms with van der Waals surface area (Å²) in [4.78, 5) is 42.0. The van der Waals surface area contributed by atoms with Gasteiger partial charge >= 0.3 is 0 Å². The summed E-state index contributed by atoms with van der Waals surface area (Å²) in [7, 11) is 5.89. The minimum atomic E-state index is -2.92. The van der Waals surface area contributed by atoms with Crippen molar-refractivity contribution in [3.8, 4) is 5.75 Å². The van der Waals surface area contributed by atoms with Gasteiger partial charge in [-0.1, -0.05) is 6.08 Å². The molecule has 1 aromatic rings. The Balaban J connectivity index is 1.57. The van der Waals surface area contributed by atoms with Crippen molar-refractivity contribution in [3.63, 3.8) is 0 Å². The quantitative estimate of drug-likeness (QED) is 0.248. The van der Waals surface area contributed by atoms with Gasteiger partial charge in [-0.15, -0.1) is 9.24 Å². The molecule has 1 aromatic carbocycles. The van der Waals surface area contributed by atoms with Crippen LogP contribution in [0.4, 0.5) is 18.9 Å². The van der Waals surface area contributed by atoms with E-state index in [9.17, 15) is 38.5 Å². The van der Waals surface area contributed by atoms with Crippen LogP contribution in [0.1, 0.15) is 35.7 Å². The normalized spacial score (nSPS) is 29.5. The number of allylic oxidation sites excluding steroid dienone is 3. The van der Waals surface area contributed by atoms with Gasteiger partial charge in [-0.2, -0.15) is 0 Å². The van der Waals surface area contributed by atoms with Crippen molar-refractivity contribution in [2.24, 2.45) is 17.6 Å². The van der Waals surface area contributed by atoms with Gasteiger partial charge in [0, 0.05) is 36.1 Å². The van der Waals surface area contributed by atoms with Gasteiger partial charge in [-0.05, 0) is 45.4 Å². The number of phenols is 1. The van der Waals surface area contributed by atoms with E-state index in [2.05, 4.69) is 14.6 Å². The standard InChI is InChI=1S/C29H34F3N4O6P/c1-4-14-21(27(33)42)25(40)22(35(2)3)15-8-12-7-13-16(30)9-17(34-18(37)10-36-6-5-28(31,32)11-36)23(38)20(13)24(39)19(12)26(41)29(14,15)43/h4,9,12,15,22,38,40-41H,5-8,10-11,43H2,1-3H3,(H2,33,42)(H,34,37)/t12-,15-,22-,29-/m0/s1. The molecule has 2 amide bonds. The van der Waals surface area contributed by atoms with Gasteiger partial charge in [0.1, 0.15) is 17.3 Å². The number of hydrogen-bond donors (Lipinski definition) is 5. The average molecular weight is 623 g/mol. The molecule has 3 aliphatic carbocycles. The summed E-state index contributed by atoms with van der Waals surface area (Å²) < 4.78 is 42.6. The zero-order chi connectivity index (χ0) is 31.8. The van der Waals surface area contributed by atoms with E-state index in [0.717, 1.165) is 6.07 Å². The molecule has 0 spiro atoms. The molecule has 0 bridgehead atoms. The summed E-state index contributed by atoms with van der Waals surface area (Å²) >= 11 is 0. The van der Waals surface area contributed by atoms with Crippen LogP contribution in [0.5, 0.6) is 5.75 Å². The van der Waals surface area contributed by atoms with E-state index in [1.54, 1.807) is 25.9 Å². The Bertz CT molecular complexity index is 1540. The lowest BCUT2D eigenvalue weighted by Crippen LogP contribution is -2.57. The number of aliphatic hydroxyl groups is 2. The predicted molar refractivity (Wildman–Crippen MR) is 155 cm³/mol. The highest BCUT2D eigenvalue weighted by molar-refractivity contribution is 7.20. The Morgan fingerprint density at radius 2 is 1.95 bits per heavy atom. The number of likely N-dealkylation sites (N-methyl/N-ethyl adjacent to an activating group) is 1. The van der Waals surface area contributed by atoms with Crippen molar-refractivity contribution in [2.75, 3.05) is 39.0 Å². The maximum Gasteiger partial charge on any atom is 0.261 e. The monoisotopic (exact) mass is 622 g/mol. The molecule has 1 heterocycles. The zero-order valence-electron chi connectivity index (χ0n) is 23.9. The number of nitrogens with zero attached hydrogens (tertiary/aromatic N) is 2. The van der Waals surface area contributed by atoms with E-state index in [-0.39, 0.29) is 47.4 Å². The molecule has 4 aliphatic rings. The summed E-state index contributed by atoms with van der Waals surface area (Å²) in [6.07, 6.45) is 1.25. The smallest absolute Gasteiger partial charge is 0.261 e. The zero-order valence-corrected chi connectivity index (χ0v) is 25.0. The SMILES string of the molecule is CC=C1C(C(N)=O)=C(O)[C@@H](N(C)C)[C@@H]2C[C@@H]3Cc4c(F)cc(NC(=O)CN5CCC(F)(F)C5)c(O)c4C(=O)C3=C(O)[C@]12P. The van der Waals surface area contributed by atoms with Crippen LogP contribution >= 0.6 is 9.24 Å². The second-order valence-corrected chi connectivity index (χ2v) is 12.8. The lowest BCUT2D eigenvalue weighted by Gasteiger charge is -2.53. The topological polar surface area (TPSA) is 156 Å². The molecular formula is C29H34F3N4O6P. The fourth-order valence-electron chi connectivity index (χ4n) is 7.25. The van der Waals surface area contributed by atoms with Gasteiger partial charge in [0.2, 0.25) is 5.91 Å². The highest BCUT2D eigenvalue weighted by Crippen LogP contribution is 2.59. The van der Waals surface area contributed by atoms with Crippen molar-refractivity contribution in [1.82, 2.24) is 9.80 Å². The number of nitrogens with one attached hydrogen (secondary N) is 1. The molecule has 0 saturated carbocycles. The highest BCUT2D eigenvalue weighted by Gasteiger charge is 2.59. The summed E-state index contributed by atoms with van der Waals surface area (Å²) in [5.41, 5.74) is 4.66. The number of fused-ring (bicyclic) bond motifs is 3. The number of benzene rings is 1. The van der Waals surface area contributed by atoms with Crippen molar-refractivity contribution in [2.45, 2.75) is 43.3 Å². The Morgan fingerprint density at radius 1 is 1.28 bits per heavy atom. The molecule has 5 atom stereocenters. The molecule has 5 rings (SSSR count). The van der Waals surface area contributed by atoms with E-state index in [4.69, 9.17) is 5.73 Å².